The molecule has 0 bridgehead atoms. The zero-order valence-electron chi connectivity index (χ0n) is 22.7. The predicted octanol–water partition coefficient (Wildman–Crippen LogP) is 6.10. The molecule has 0 unspecified atom stereocenters. The van der Waals surface area contributed by atoms with E-state index in [9.17, 15) is 14.7 Å². The van der Waals surface area contributed by atoms with Gasteiger partial charge in [-0.15, -0.1) is 10.2 Å². The van der Waals surface area contributed by atoms with Crippen LogP contribution in [-0.2, 0) is 21.8 Å². The van der Waals surface area contributed by atoms with Crippen molar-refractivity contribution in [1.82, 2.24) is 10.2 Å². The molecule has 3 heterocycles. The van der Waals surface area contributed by atoms with E-state index in [4.69, 9.17) is 9.47 Å². The molecule has 208 valence electrons. The first-order valence-electron chi connectivity index (χ1n) is 13.1. The summed E-state index contributed by atoms with van der Waals surface area (Å²) in [5.41, 5.74) is 4.35. The molecule has 0 radical (unpaired) electrons. The van der Waals surface area contributed by atoms with Gasteiger partial charge in [-0.05, 0) is 60.9 Å². The number of anilines is 1. The summed E-state index contributed by atoms with van der Waals surface area (Å²) in [6.07, 6.45) is 0.725. The van der Waals surface area contributed by atoms with Gasteiger partial charge in [0.05, 0.1) is 18.7 Å². The Morgan fingerprint density at radius 1 is 1.10 bits per heavy atom. The fourth-order valence-corrected chi connectivity index (χ4v) is 6.87. The van der Waals surface area contributed by atoms with Crippen molar-refractivity contribution in [3.05, 3.63) is 100 Å². The van der Waals surface area contributed by atoms with Crippen LogP contribution in [0.1, 0.15) is 40.8 Å². The van der Waals surface area contributed by atoms with Crippen molar-refractivity contribution in [2.24, 2.45) is 0 Å². The third-order valence-corrected chi connectivity index (χ3v) is 9.26. The molecule has 2 aliphatic heterocycles. The predicted molar refractivity (Wildman–Crippen MR) is 159 cm³/mol. The number of carbonyl (C=O) groups excluding carboxylic acids is 2. The van der Waals surface area contributed by atoms with Crippen LogP contribution in [0.4, 0.5) is 5.13 Å². The largest absolute Gasteiger partial charge is 0.507 e. The van der Waals surface area contributed by atoms with Crippen LogP contribution >= 0.6 is 23.1 Å². The number of amides is 1. The topological polar surface area (TPSA) is 102 Å². The van der Waals surface area contributed by atoms with Crippen LogP contribution in [0.2, 0.25) is 0 Å². The number of ether oxygens (including phenoxy) is 2. The van der Waals surface area contributed by atoms with Gasteiger partial charge in [-0.3, -0.25) is 14.5 Å². The van der Waals surface area contributed by atoms with Crippen molar-refractivity contribution in [3.8, 4) is 11.5 Å². The number of nitrogens with zero attached hydrogens (tertiary/aromatic N) is 3. The first-order valence-corrected chi connectivity index (χ1v) is 14.9. The molecule has 1 fully saturated rings. The molecule has 2 atom stereocenters. The van der Waals surface area contributed by atoms with Crippen LogP contribution in [-0.4, -0.2) is 40.2 Å². The Labute approximate surface area is 245 Å². The Bertz CT molecular complexity index is 1660. The minimum atomic E-state index is -0.896. The Balaban J connectivity index is 1.38. The second-order valence-electron chi connectivity index (χ2n) is 10.0. The van der Waals surface area contributed by atoms with Gasteiger partial charge >= 0.3 is 5.91 Å². The summed E-state index contributed by atoms with van der Waals surface area (Å²) in [4.78, 5) is 28.4. The number of aromatic nitrogens is 2. The molecule has 1 aromatic heterocycles. The smallest absolute Gasteiger partial charge is 0.301 e. The van der Waals surface area contributed by atoms with E-state index >= 15 is 0 Å². The Hall–Kier alpha value is -4.15. The quantitative estimate of drug-likeness (QED) is 0.0913. The first-order chi connectivity index (χ1) is 19.8. The van der Waals surface area contributed by atoms with E-state index in [1.165, 1.54) is 33.6 Å². The highest BCUT2D eigenvalue weighted by atomic mass is 32.2. The van der Waals surface area contributed by atoms with Gasteiger partial charge in [0.25, 0.3) is 5.78 Å². The summed E-state index contributed by atoms with van der Waals surface area (Å²) in [6, 6.07) is 19.7. The number of Topliss-reactive ketones (excluding diaryl/α,β-unsaturated/α-hetero) is 1. The van der Waals surface area contributed by atoms with E-state index in [0.29, 0.717) is 33.4 Å². The lowest BCUT2D eigenvalue weighted by molar-refractivity contribution is -0.132. The maximum atomic E-state index is 13.5. The first kappa shape index (κ1) is 27.0. The SMILES string of the molecule is COc1ccc([C@H]2C(=C(O)c3ccc4c(c3)C[C@@H](C)O4)C(=O)C(=O)N2c2nnc(SCc3ccc(C)cc3)s2)cc1. The number of hydrogen-bond donors (Lipinski definition) is 1. The van der Waals surface area contributed by atoms with E-state index in [2.05, 4.69) is 34.5 Å². The fourth-order valence-electron chi connectivity index (χ4n) is 5.04. The number of fused-ring (bicyclic) bond motifs is 1. The monoisotopic (exact) mass is 585 g/mol. The number of benzene rings is 3. The maximum Gasteiger partial charge on any atom is 0.301 e. The molecule has 41 heavy (non-hydrogen) atoms. The van der Waals surface area contributed by atoms with E-state index in [1.54, 1.807) is 43.5 Å². The van der Waals surface area contributed by atoms with Crippen molar-refractivity contribution >= 4 is 45.7 Å². The highest BCUT2D eigenvalue weighted by Gasteiger charge is 2.48. The zero-order valence-corrected chi connectivity index (χ0v) is 24.3. The average Bonchev–Trinajstić information content (AvgIpc) is 3.67. The molecular formula is C31H27N3O5S2. The summed E-state index contributed by atoms with van der Waals surface area (Å²) in [5, 5.41) is 20.4. The molecule has 0 saturated carbocycles. The Morgan fingerprint density at radius 2 is 1.85 bits per heavy atom. The number of rotatable bonds is 7. The van der Waals surface area contributed by atoms with Crippen LogP contribution in [0, 0.1) is 6.92 Å². The van der Waals surface area contributed by atoms with Gasteiger partial charge in [0.2, 0.25) is 5.13 Å². The highest BCUT2D eigenvalue weighted by molar-refractivity contribution is 8.00. The average molecular weight is 586 g/mol. The van der Waals surface area contributed by atoms with E-state index in [0.717, 1.165) is 16.9 Å². The van der Waals surface area contributed by atoms with Crippen molar-refractivity contribution in [3.63, 3.8) is 0 Å². The van der Waals surface area contributed by atoms with Crippen LogP contribution in [0.15, 0.2) is 76.6 Å². The number of hydrogen-bond acceptors (Lipinski definition) is 9. The van der Waals surface area contributed by atoms with Crippen molar-refractivity contribution in [2.45, 2.75) is 42.5 Å². The number of carbonyl (C=O) groups is 2. The van der Waals surface area contributed by atoms with E-state index < -0.39 is 17.7 Å². The molecule has 6 rings (SSSR count). The third-order valence-electron chi connectivity index (χ3n) is 7.13. The Morgan fingerprint density at radius 3 is 2.59 bits per heavy atom. The molecule has 1 saturated heterocycles. The lowest BCUT2D eigenvalue weighted by Crippen LogP contribution is -2.29. The maximum absolute atomic E-state index is 13.5. The molecule has 2 aliphatic rings. The number of aliphatic hydroxyl groups is 1. The van der Waals surface area contributed by atoms with Crippen molar-refractivity contribution in [1.29, 1.82) is 0 Å². The zero-order chi connectivity index (χ0) is 28.7. The summed E-state index contributed by atoms with van der Waals surface area (Å²) in [5.74, 6) is 0.285. The van der Waals surface area contributed by atoms with Crippen molar-refractivity contribution < 1.29 is 24.2 Å². The molecule has 0 aliphatic carbocycles. The van der Waals surface area contributed by atoms with Gasteiger partial charge in [0.1, 0.15) is 23.4 Å². The third kappa shape index (κ3) is 5.20. The van der Waals surface area contributed by atoms with E-state index in [1.807, 2.05) is 19.9 Å². The summed E-state index contributed by atoms with van der Waals surface area (Å²) >= 11 is 2.75. The summed E-state index contributed by atoms with van der Waals surface area (Å²) < 4.78 is 11.8. The van der Waals surface area contributed by atoms with Crippen LogP contribution in [0.5, 0.6) is 11.5 Å². The van der Waals surface area contributed by atoms with Crippen LogP contribution in [0.25, 0.3) is 5.76 Å². The molecule has 1 N–H and O–H groups in total. The molecule has 0 spiro atoms. The van der Waals surface area contributed by atoms with E-state index in [-0.39, 0.29) is 22.6 Å². The molecule has 3 aromatic carbocycles. The van der Waals surface area contributed by atoms with Crippen LogP contribution < -0.4 is 14.4 Å². The van der Waals surface area contributed by atoms with Crippen molar-refractivity contribution in [2.75, 3.05) is 12.0 Å². The van der Waals surface area contributed by atoms with Gasteiger partial charge in [0.15, 0.2) is 4.34 Å². The summed E-state index contributed by atoms with van der Waals surface area (Å²) in [6.45, 7) is 4.02. The number of aryl methyl sites for hydroxylation is 1. The second kappa shape index (κ2) is 11.0. The number of methoxy groups -OCH3 is 1. The normalized spacial score (nSPS) is 19.3. The second-order valence-corrected chi connectivity index (χ2v) is 12.2. The summed E-state index contributed by atoms with van der Waals surface area (Å²) in [7, 11) is 1.57. The minimum absolute atomic E-state index is 0.00357. The van der Waals surface area contributed by atoms with Gasteiger partial charge in [-0.2, -0.15) is 0 Å². The van der Waals surface area contributed by atoms with Crippen LogP contribution in [0.3, 0.4) is 0 Å². The van der Waals surface area contributed by atoms with Gasteiger partial charge in [-0.1, -0.05) is 65.1 Å². The lowest BCUT2D eigenvalue weighted by atomic mass is 9.94. The molecule has 10 heteroatoms. The molecule has 1 amide bonds. The van der Waals surface area contributed by atoms with Gasteiger partial charge in [-0.25, -0.2) is 0 Å². The molecular weight excluding hydrogens is 558 g/mol. The van der Waals surface area contributed by atoms with Gasteiger partial charge in [0, 0.05) is 17.7 Å². The minimum Gasteiger partial charge on any atom is -0.507 e. The Kier molecular flexibility index (Phi) is 7.27. The number of ketones is 1. The standard InChI is InChI=1S/C31H27N3O5S2/c1-17-4-6-19(7-5-17)16-40-31-33-32-30(41-31)34-26(20-8-11-23(38-3)12-9-20)25(28(36)29(34)37)27(35)21-10-13-24-22(15-21)14-18(2)39-24/h4-13,15,18,26,35H,14,16H2,1-3H3/t18-,26+/m1/s1. The fraction of sp³-hybridized carbons (Fsp3) is 0.226. The number of aliphatic hydroxyl groups excluding tert-OH is 1. The lowest BCUT2D eigenvalue weighted by Gasteiger charge is -2.22. The highest BCUT2D eigenvalue weighted by Crippen LogP contribution is 2.45. The van der Waals surface area contributed by atoms with Gasteiger partial charge < -0.3 is 14.6 Å². The number of thioether (sulfide) groups is 1. The molecule has 4 aromatic rings. The molecule has 8 nitrogen and oxygen atoms in total.